The number of carbonyl (C=O) groups excluding carboxylic acids is 4. The van der Waals surface area contributed by atoms with Crippen molar-refractivity contribution in [3.63, 3.8) is 0 Å². The molecular formula is C33H35N5O5. The van der Waals surface area contributed by atoms with Crippen LogP contribution in [0.3, 0.4) is 0 Å². The summed E-state index contributed by atoms with van der Waals surface area (Å²) >= 11 is 0. The Hall–Kier alpha value is -4.47. The van der Waals surface area contributed by atoms with Crippen molar-refractivity contribution in [2.45, 2.75) is 63.5 Å². The molecule has 4 amide bonds. The van der Waals surface area contributed by atoms with E-state index in [4.69, 9.17) is 4.42 Å². The lowest BCUT2D eigenvalue weighted by molar-refractivity contribution is -0.137. The molecule has 0 bridgehead atoms. The number of nitrogens with one attached hydrogen (secondary N) is 2. The van der Waals surface area contributed by atoms with Crippen LogP contribution in [0.4, 0.5) is 11.4 Å². The van der Waals surface area contributed by atoms with E-state index in [0.29, 0.717) is 49.0 Å². The van der Waals surface area contributed by atoms with E-state index in [2.05, 4.69) is 15.6 Å². The van der Waals surface area contributed by atoms with Gasteiger partial charge in [0.05, 0.1) is 6.20 Å². The number of benzene rings is 2. The van der Waals surface area contributed by atoms with Crippen molar-refractivity contribution in [3.8, 4) is 22.8 Å². The molecule has 2 aliphatic heterocycles. The number of hydrogen-bond acceptors (Lipinski definition) is 6. The second kappa shape index (κ2) is 11.3. The van der Waals surface area contributed by atoms with Crippen LogP contribution in [-0.2, 0) is 19.2 Å². The van der Waals surface area contributed by atoms with Gasteiger partial charge in [0.1, 0.15) is 12.1 Å². The monoisotopic (exact) mass is 581 g/mol. The summed E-state index contributed by atoms with van der Waals surface area (Å²) < 4.78 is 6.02. The average Bonchev–Trinajstić information content (AvgIpc) is 3.88. The molecule has 2 saturated carbocycles. The SMILES string of the molecule is O=C(Nc1ccc(-c2cnc(-c3ccc(NC(=O)[C@@H]4CCCN4C(=O)C4CC4)cc3)o2)cc1)[C@@H]1CCCN1C(=O)C1CC1. The fourth-order valence-corrected chi connectivity index (χ4v) is 6.14. The molecule has 2 atom stereocenters. The lowest BCUT2D eigenvalue weighted by Crippen LogP contribution is -2.43. The summed E-state index contributed by atoms with van der Waals surface area (Å²) in [5, 5.41) is 5.92. The van der Waals surface area contributed by atoms with Gasteiger partial charge in [0.2, 0.25) is 29.5 Å². The van der Waals surface area contributed by atoms with Crippen LogP contribution in [0.5, 0.6) is 0 Å². The Morgan fingerprint density at radius 1 is 0.651 bits per heavy atom. The molecule has 2 saturated heterocycles. The molecule has 3 heterocycles. The summed E-state index contributed by atoms with van der Waals surface area (Å²) in [6.07, 6.45) is 8.46. The first-order valence-electron chi connectivity index (χ1n) is 15.3. The maximum absolute atomic E-state index is 12.9. The molecule has 0 spiro atoms. The number of likely N-dealkylation sites (tertiary alicyclic amines) is 2. The molecule has 4 fully saturated rings. The Morgan fingerprint density at radius 3 is 1.58 bits per heavy atom. The fraction of sp³-hybridized carbons (Fsp3) is 0.424. The van der Waals surface area contributed by atoms with Crippen molar-refractivity contribution in [2.24, 2.45) is 11.8 Å². The minimum atomic E-state index is -0.407. The van der Waals surface area contributed by atoms with Gasteiger partial charge in [-0.2, -0.15) is 0 Å². The number of rotatable bonds is 8. The minimum Gasteiger partial charge on any atom is -0.436 e. The molecule has 0 radical (unpaired) electrons. The second-order valence-corrected chi connectivity index (χ2v) is 12.1. The lowest BCUT2D eigenvalue weighted by Gasteiger charge is -2.24. The van der Waals surface area contributed by atoms with E-state index in [1.54, 1.807) is 28.1 Å². The van der Waals surface area contributed by atoms with Crippen molar-refractivity contribution in [3.05, 3.63) is 54.7 Å². The highest BCUT2D eigenvalue weighted by Crippen LogP contribution is 2.35. The van der Waals surface area contributed by atoms with E-state index in [1.165, 1.54) is 0 Å². The van der Waals surface area contributed by atoms with E-state index in [-0.39, 0.29) is 35.5 Å². The van der Waals surface area contributed by atoms with E-state index >= 15 is 0 Å². The topological polar surface area (TPSA) is 125 Å². The summed E-state index contributed by atoms with van der Waals surface area (Å²) in [6.45, 7) is 1.30. The van der Waals surface area contributed by atoms with Crippen molar-refractivity contribution >= 4 is 35.0 Å². The van der Waals surface area contributed by atoms with E-state index in [0.717, 1.165) is 49.7 Å². The number of nitrogens with zero attached hydrogens (tertiary/aromatic N) is 3. The Bertz CT molecular complexity index is 1430. The standard InChI is InChI=1S/C33H35N5O5/c39-29(26-3-1-17-37(26)32(41)22-5-6-22)35-24-13-9-20(10-14-24)28-19-34-31(43-28)21-11-15-25(16-12-21)36-30(40)27-4-2-18-38(27)33(42)23-7-8-23/h9-16,19,22-23,26-27H,1-8,17-18H2,(H,35,39)(H,36,40)/t26-,27-/m0/s1. The van der Waals surface area contributed by atoms with E-state index in [1.807, 2.05) is 36.4 Å². The molecule has 1 aromatic heterocycles. The number of oxazole rings is 1. The third-order valence-electron chi connectivity index (χ3n) is 8.87. The van der Waals surface area contributed by atoms with E-state index in [9.17, 15) is 19.2 Å². The molecule has 10 heteroatoms. The largest absolute Gasteiger partial charge is 0.436 e. The van der Waals surface area contributed by atoms with E-state index < -0.39 is 12.1 Å². The third kappa shape index (κ3) is 5.78. The highest BCUT2D eigenvalue weighted by Gasteiger charge is 2.42. The van der Waals surface area contributed by atoms with Crippen molar-refractivity contribution in [1.82, 2.24) is 14.8 Å². The van der Waals surface area contributed by atoms with Gasteiger partial charge >= 0.3 is 0 Å². The molecule has 2 aliphatic carbocycles. The first kappa shape index (κ1) is 27.4. The van der Waals surface area contributed by atoms with Crippen molar-refractivity contribution in [1.29, 1.82) is 0 Å². The number of hydrogen-bond donors (Lipinski definition) is 2. The van der Waals surface area contributed by atoms with Crippen LogP contribution in [0.1, 0.15) is 51.4 Å². The van der Waals surface area contributed by atoms with Crippen LogP contribution in [0.2, 0.25) is 0 Å². The molecule has 4 aliphatic rings. The van der Waals surface area contributed by atoms with Crippen LogP contribution >= 0.6 is 0 Å². The van der Waals surface area contributed by atoms with Gasteiger partial charge in [0.25, 0.3) is 0 Å². The number of anilines is 2. The minimum absolute atomic E-state index is 0.106. The van der Waals surface area contributed by atoms with Crippen LogP contribution in [0, 0.1) is 11.8 Å². The molecule has 2 aromatic carbocycles. The first-order valence-corrected chi connectivity index (χ1v) is 15.3. The predicted octanol–water partition coefficient (Wildman–Crippen LogP) is 4.69. The maximum atomic E-state index is 12.9. The third-order valence-corrected chi connectivity index (χ3v) is 8.87. The van der Waals surface area contributed by atoms with Crippen LogP contribution in [-0.4, -0.2) is 63.6 Å². The summed E-state index contributed by atoms with van der Waals surface area (Å²) in [7, 11) is 0. The van der Waals surface area contributed by atoms with Gasteiger partial charge in [-0.05, 0) is 99.9 Å². The fourth-order valence-electron chi connectivity index (χ4n) is 6.14. The summed E-state index contributed by atoms with van der Waals surface area (Å²) in [5.74, 6) is 1.19. The number of aromatic nitrogens is 1. The second-order valence-electron chi connectivity index (χ2n) is 12.1. The molecule has 7 rings (SSSR count). The molecular weight excluding hydrogens is 546 g/mol. The van der Waals surface area contributed by atoms with Gasteiger partial charge in [0.15, 0.2) is 5.76 Å². The molecule has 222 valence electrons. The Balaban J connectivity index is 0.954. The van der Waals surface area contributed by atoms with Gasteiger partial charge in [-0.15, -0.1) is 0 Å². The first-order chi connectivity index (χ1) is 20.9. The quantitative estimate of drug-likeness (QED) is 0.398. The lowest BCUT2D eigenvalue weighted by atomic mass is 10.1. The van der Waals surface area contributed by atoms with Crippen molar-refractivity contribution < 1.29 is 23.6 Å². The zero-order valence-electron chi connectivity index (χ0n) is 24.0. The van der Waals surface area contributed by atoms with Gasteiger partial charge in [0, 0.05) is 47.4 Å². The normalized spacial score (nSPS) is 21.6. The molecule has 0 unspecified atom stereocenters. The van der Waals surface area contributed by atoms with Gasteiger partial charge < -0.3 is 24.9 Å². The molecule has 3 aromatic rings. The molecule has 2 N–H and O–H groups in total. The van der Waals surface area contributed by atoms with Crippen molar-refractivity contribution in [2.75, 3.05) is 23.7 Å². The highest BCUT2D eigenvalue weighted by atomic mass is 16.4. The zero-order chi connectivity index (χ0) is 29.5. The highest BCUT2D eigenvalue weighted by molar-refractivity contribution is 5.99. The van der Waals surface area contributed by atoms with Crippen LogP contribution < -0.4 is 10.6 Å². The molecule has 10 nitrogen and oxygen atoms in total. The Kier molecular flexibility index (Phi) is 7.20. The smallest absolute Gasteiger partial charge is 0.247 e. The molecule has 43 heavy (non-hydrogen) atoms. The summed E-state index contributed by atoms with van der Waals surface area (Å²) in [6, 6.07) is 13.8. The van der Waals surface area contributed by atoms with Gasteiger partial charge in [-0.25, -0.2) is 4.98 Å². The Morgan fingerprint density at radius 2 is 1.12 bits per heavy atom. The zero-order valence-corrected chi connectivity index (χ0v) is 24.0. The average molecular weight is 582 g/mol. The maximum Gasteiger partial charge on any atom is 0.247 e. The van der Waals surface area contributed by atoms with Crippen LogP contribution in [0.25, 0.3) is 22.8 Å². The number of carbonyl (C=O) groups is 4. The Labute approximate surface area is 249 Å². The van der Waals surface area contributed by atoms with Gasteiger partial charge in [-0.1, -0.05) is 0 Å². The number of amides is 4. The predicted molar refractivity (Wildman–Crippen MR) is 160 cm³/mol. The summed E-state index contributed by atoms with van der Waals surface area (Å²) in [5.41, 5.74) is 2.89. The van der Waals surface area contributed by atoms with Gasteiger partial charge in [-0.3, -0.25) is 19.2 Å². The summed E-state index contributed by atoms with van der Waals surface area (Å²) in [4.78, 5) is 58.9. The van der Waals surface area contributed by atoms with Crippen LogP contribution in [0.15, 0.2) is 59.1 Å².